The molecule has 1 aliphatic carbocycles. The summed E-state index contributed by atoms with van der Waals surface area (Å²) in [7, 11) is 0. The molecule has 5 nitrogen and oxygen atoms in total. The zero-order chi connectivity index (χ0) is 12.5. The van der Waals surface area contributed by atoms with Crippen LogP contribution in [0.1, 0.15) is 42.3 Å². The van der Waals surface area contributed by atoms with Gasteiger partial charge in [0, 0.05) is 5.41 Å². The van der Waals surface area contributed by atoms with Crippen LogP contribution in [-0.4, -0.2) is 16.8 Å². The number of amides is 2. The second kappa shape index (κ2) is 4.44. The van der Waals surface area contributed by atoms with Crippen LogP contribution < -0.4 is 11.1 Å². The SMILES string of the molecule is CCC1(C(=O)Nc2ncc(C(N)=O)s2)CCC1. The molecule has 17 heavy (non-hydrogen) atoms. The summed E-state index contributed by atoms with van der Waals surface area (Å²) in [5.74, 6) is -0.506. The maximum absolute atomic E-state index is 12.1. The highest BCUT2D eigenvalue weighted by Crippen LogP contribution is 2.44. The van der Waals surface area contributed by atoms with Crippen molar-refractivity contribution in [3.63, 3.8) is 0 Å². The molecule has 1 heterocycles. The average molecular weight is 253 g/mol. The second-order valence-electron chi connectivity index (χ2n) is 4.34. The van der Waals surface area contributed by atoms with E-state index in [0.717, 1.165) is 37.0 Å². The van der Waals surface area contributed by atoms with Gasteiger partial charge < -0.3 is 11.1 Å². The summed E-state index contributed by atoms with van der Waals surface area (Å²) in [6.07, 6.45) is 5.20. The Labute approximate surface area is 103 Å². The van der Waals surface area contributed by atoms with Gasteiger partial charge in [0.2, 0.25) is 5.91 Å². The van der Waals surface area contributed by atoms with E-state index < -0.39 is 5.91 Å². The van der Waals surface area contributed by atoms with Crippen molar-refractivity contribution in [3.05, 3.63) is 11.1 Å². The van der Waals surface area contributed by atoms with E-state index in [0.29, 0.717) is 10.0 Å². The number of carbonyl (C=O) groups is 2. The fourth-order valence-electron chi connectivity index (χ4n) is 2.02. The number of nitrogens with two attached hydrogens (primary N) is 1. The van der Waals surface area contributed by atoms with E-state index in [2.05, 4.69) is 10.3 Å². The lowest BCUT2D eigenvalue weighted by molar-refractivity contribution is -0.130. The number of nitrogens with one attached hydrogen (secondary N) is 1. The van der Waals surface area contributed by atoms with Gasteiger partial charge >= 0.3 is 0 Å². The minimum Gasteiger partial charge on any atom is -0.365 e. The third-order valence-electron chi connectivity index (χ3n) is 3.44. The number of aromatic nitrogens is 1. The molecule has 92 valence electrons. The van der Waals surface area contributed by atoms with E-state index in [-0.39, 0.29) is 11.3 Å². The number of anilines is 1. The maximum Gasteiger partial charge on any atom is 0.260 e. The van der Waals surface area contributed by atoms with E-state index in [1.807, 2.05) is 6.92 Å². The van der Waals surface area contributed by atoms with Crippen molar-refractivity contribution >= 4 is 28.3 Å². The summed E-state index contributed by atoms with van der Waals surface area (Å²) in [5, 5.41) is 3.22. The summed E-state index contributed by atoms with van der Waals surface area (Å²) >= 11 is 1.11. The topological polar surface area (TPSA) is 85.1 Å². The van der Waals surface area contributed by atoms with Gasteiger partial charge in [-0.3, -0.25) is 9.59 Å². The van der Waals surface area contributed by atoms with E-state index in [4.69, 9.17) is 5.73 Å². The first-order valence-electron chi connectivity index (χ1n) is 5.64. The number of primary amides is 1. The van der Waals surface area contributed by atoms with Crippen LogP contribution in [0.25, 0.3) is 0 Å². The van der Waals surface area contributed by atoms with Crippen LogP contribution in [0.4, 0.5) is 5.13 Å². The Kier molecular flexibility index (Phi) is 3.15. The van der Waals surface area contributed by atoms with Crippen molar-refractivity contribution in [2.45, 2.75) is 32.6 Å². The van der Waals surface area contributed by atoms with Gasteiger partial charge in [0.15, 0.2) is 5.13 Å². The summed E-state index contributed by atoms with van der Waals surface area (Å²) in [4.78, 5) is 27.3. The fraction of sp³-hybridized carbons (Fsp3) is 0.545. The molecular formula is C11H15N3O2S. The van der Waals surface area contributed by atoms with Gasteiger partial charge in [-0.25, -0.2) is 4.98 Å². The number of carbonyl (C=O) groups excluding carboxylic acids is 2. The largest absolute Gasteiger partial charge is 0.365 e. The first-order chi connectivity index (χ1) is 8.07. The van der Waals surface area contributed by atoms with Crippen molar-refractivity contribution in [1.29, 1.82) is 0 Å². The molecular weight excluding hydrogens is 238 g/mol. The molecule has 0 atom stereocenters. The molecule has 1 aliphatic rings. The number of thiazole rings is 1. The standard InChI is InChI=1S/C11H15N3O2S/c1-2-11(4-3-5-11)9(16)14-10-13-6-7(17-10)8(12)15/h6H,2-5H2,1H3,(H2,12,15)(H,13,14,16). The van der Waals surface area contributed by atoms with Gasteiger partial charge in [-0.1, -0.05) is 24.7 Å². The Bertz CT molecular complexity index is 446. The molecule has 3 N–H and O–H groups in total. The van der Waals surface area contributed by atoms with Crippen LogP contribution in [0.2, 0.25) is 0 Å². The van der Waals surface area contributed by atoms with Gasteiger partial charge in [0.05, 0.1) is 6.20 Å². The van der Waals surface area contributed by atoms with Gasteiger partial charge in [-0.2, -0.15) is 0 Å². The van der Waals surface area contributed by atoms with Crippen LogP contribution in [0.15, 0.2) is 6.20 Å². The quantitative estimate of drug-likeness (QED) is 0.857. The first-order valence-corrected chi connectivity index (χ1v) is 6.46. The van der Waals surface area contributed by atoms with E-state index >= 15 is 0 Å². The molecule has 0 unspecified atom stereocenters. The molecule has 1 aromatic heterocycles. The number of nitrogens with zero attached hydrogens (tertiary/aromatic N) is 1. The Morgan fingerprint density at radius 1 is 1.59 bits per heavy atom. The predicted octanol–water partition coefficient (Wildman–Crippen LogP) is 1.76. The number of hydrogen-bond donors (Lipinski definition) is 2. The molecule has 0 aliphatic heterocycles. The minimum absolute atomic E-state index is 0.0108. The van der Waals surface area contributed by atoms with Gasteiger partial charge in [0.1, 0.15) is 4.88 Å². The van der Waals surface area contributed by atoms with Crippen LogP contribution in [-0.2, 0) is 4.79 Å². The molecule has 6 heteroatoms. The molecule has 0 radical (unpaired) electrons. The highest BCUT2D eigenvalue weighted by Gasteiger charge is 2.42. The molecule has 0 saturated heterocycles. The molecule has 1 saturated carbocycles. The smallest absolute Gasteiger partial charge is 0.260 e. The second-order valence-corrected chi connectivity index (χ2v) is 5.37. The lowest BCUT2D eigenvalue weighted by atomic mass is 9.66. The molecule has 2 amide bonds. The normalized spacial score (nSPS) is 17.2. The van der Waals surface area contributed by atoms with Crippen LogP contribution >= 0.6 is 11.3 Å². The third-order valence-corrected chi connectivity index (χ3v) is 4.37. The van der Waals surface area contributed by atoms with Crippen molar-refractivity contribution in [1.82, 2.24) is 4.98 Å². The first kappa shape index (κ1) is 12.0. The lowest BCUT2D eigenvalue weighted by Crippen LogP contribution is -2.41. The summed E-state index contributed by atoms with van der Waals surface area (Å²) < 4.78 is 0. The molecule has 0 bridgehead atoms. The summed E-state index contributed by atoms with van der Waals surface area (Å²) in [5.41, 5.74) is 4.90. The van der Waals surface area contributed by atoms with Crippen LogP contribution in [0, 0.1) is 5.41 Å². The molecule has 0 spiro atoms. The zero-order valence-electron chi connectivity index (χ0n) is 9.66. The van der Waals surface area contributed by atoms with E-state index in [1.54, 1.807) is 0 Å². The summed E-state index contributed by atoms with van der Waals surface area (Å²) in [6, 6.07) is 0. The Balaban J connectivity index is 2.05. The third kappa shape index (κ3) is 2.17. The van der Waals surface area contributed by atoms with Crippen molar-refractivity contribution in [2.24, 2.45) is 11.1 Å². The molecule has 1 aromatic rings. The predicted molar refractivity (Wildman–Crippen MR) is 65.8 cm³/mol. The molecule has 1 fully saturated rings. The average Bonchev–Trinajstić information content (AvgIpc) is 2.65. The van der Waals surface area contributed by atoms with Gasteiger partial charge in [0.25, 0.3) is 5.91 Å². The highest BCUT2D eigenvalue weighted by atomic mass is 32.1. The van der Waals surface area contributed by atoms with Crippen molar-refractivity contribution in [2.75, 3.05) is 5.32 Å². The minimum atomic E-state index is -0.517. The van der Waals surface area contributed by atoms with E-state index in [1.165, 1.54) is 6.20 Å². The highest BCUT2D eigenvalue weighted by molar-refractivity contribution is 7.17. The van der Waals surface area contributed by atoms with Crippen LogP contribution in [0.3, 0.4) is 0 Å². The molecule has 0 aromatic carbocycles. The fourth-order valence-corrected chi connectivity index (χ4v) is 2.68. The van der Waals surface area contributed by atoms with Crippen molar-refractivity contribution < 1.29 is 9.59 Å². The van der Waals surface area contributed by atoms with E-state index in [9.17, 15) is 9.59 Å². The maximum atomic E-state index is 12.1. The Morgan fingerprint density at radius 3 is 2.71 bits per heavy atom. The van der Waals surface area contributed by atoms with Gasteiger partial charge in [-0.05, 0) is 19.3 Å². The van der Waals surface area contributed by atoms with Crippen molar-refractivity contribution in [3.8, 4) is 0 Å². The monoisotopic (exact) mass is 253 g/mol. The lowest BCUT2D eigenvalue weighted by Gasteiger charge is -2.39. The number of rotatable bonds is 4. The Hall–Kier alpha value is -1.43. The number of hydrogen-bond acceptors (Lipinski definition) is 4. The summed E-state index contributed by atoms with van der Waals surface area (Å²) in [6.45, 7) is 2.02. The zero-order valence-corrected chi connectivity index (χ0v) is 10.5. The Morgan fingerprint density at radius 2 is 2.29 bits per heavy atom. The van der Waals surface area contributed by atoms with Crippen LogP contribution in [0.5, 0.6) is 0 Å². The molecule has 2 rings (SSSR count). The van der Waals surface area contributed by atoms with Gasteiger partial charge in [-0.15, -0.1) is 0 Å².